The van der Waals surface area contributed by atoms with Crippen molar-refractivity contribution in [3.63, 3.8) is 0 Å². The third-order valence-electron chi connectivity index (χ3n) is 4.03. The minimum atomic E-state index is -1.21. The summed E-state index contributed by atoms with van der Waals surface area (Å²) in [7, 11) is 0. The van der Waals surface area contributed by atoms with Gasteiger partial charge in [0, 0.05) is 11.4 Å². The zero-order chi connectivity index (χ0) is 18.6. The van der Waals surface area contributed by atoms with Crippen molar-refractivity contribution in [2.24, 2.45) is 0 Å². The van der Waals surface area contributed by atoms with Gasteiger partial charge in [0.2, 0.25) is 0 Å². The maximum absolute atomic E-state index is 11.4. The summed E-state index contributed by atoms with van der Waals surface area (Å²) in [4.78, 5) is 11.4. The van der Waals surface area contributed by atoms with Crippen LogP contribution in [0.4, 0.5) is 0 Å². The zero-order valence-corrected chi connectivity index (χ0v) is 15.3. The molecular formula is C20H23ClO4. The molecule has 0 fully saturated rings. The van der Waals surface area contributed by atoms with Crippen LogP contribution in [0.2, 0.25) is 5.02 Å². The van der Waals surface area contributed by atoms with Crippen molar-refractivity contribution in [2.75, 3.05) is 0 Å². The molecule has 0 bridgehead atoms. The van der Waals surface area contributed by atoms with Crippen LogP contribution in [0.5, 0.6) is 0 Å². The summed E-state index contributed by atoms with van der Waals surface area (Å²) in [6.45, 7) is 5.31. The topological polar surface area (TPSA) is 66.8 Å². The molecule has 2 aromatic carbocycles. The molecule has 2 unspecified atom stereocenters. The fourth-order valence-electron chi connectivity index (χ4n) is 2.68. The number of halogens is 1. The van der Waals surface area contributed by atoms with Gasteiger partial charge in [0.25, 0.3) is 0 Å². The Labute approximate surface area is 153 Å². The van der Waals surface area contributed by atoms with E-state index in [1.54, 1.807) is 45.0 Å². The van der Waals surface area contributed by atoms with Crippen molar-refractivity contribution in [1.82, 2.24) is 0 Å². The van der Waals surface area contributed by atoms with Crippen LogP contribution < -0.4 is 0 Å². The number of hydrogen-bond acceptors (Lipinski definition) is 3. The Morgan fingerprint density at radius 2 is 1.80 bits per heavy atom. The first-order valence-corrected chi connectivity index (χ1v) is 8.54. The molecule has 2 N–H and O–H groups in total. The van der Waals surface area contributed by atoms with Gasteiger partial charge in [-0.25, -0.2) is 4.79 Å². The number of ether oxygens (including phenoxy) is 1. The van der Waals surface area contributed by atoms with Crippen molar-refractivity contribution >= 4 is 17.6 Å². The Morgan fingerprint density at radius 1 is 1.16 bits per heavy atom. The molecule has 0 saturated heterocycles. The SMILES string of the molecule is CC(C)OC(Cc1cccc(C(C)(O)c2ccc(Cl)cc2)c1)C(=O)O. The Bertz CT molecular complexity index is 723. The van der Waals surface area contributed by atoms with E-state index >= 15 is 0 Å². The molecule has 0 saturated carbocycles. The third-order valence-corrected chi connectivity index (χ3v) is 4.28. The van der Waals surface area contributed by atoms with Gasteiger partial charge in [-0.05, 0) is 49.6 Å². The fourth-order valence-corrected chi connectivity index (χ4v) is 2.80. The van der Waals surface area contributed by atoms with Crippen LogP contribution in [0.1, 0.15) is 37.5 Å². The number of aliphatic carboxylic acids is 1. The number of rotatable bonds is 7. The Balaban J connectivity index is 2.28. The van der Waals surface area contributed by atoms with Crippen LogP contribution in [0, 0.1) is 0 Å². The average molecular weight is 363 g/mol. The van der Waals surface area contributed by atoms with Crippen LogP contribution in [0.15, 0.2) is 48.5 Å². The van der Waals surface area contributed by atoms with Crippen LogP contribution in [-0.4, -0.2) is 28.4 Å². The predicted octanol–water partition coefficient (Wildman–Crippen LogP) is 4.02. The Hall–Kier alpha value is -1.88. The molecule has 0 amide bonds. The minimum absolute atomic E-state index is 0.179. The lowest BCUT2D eigenvalue weighted by atomic mass is 9.87. The van der Waals surface area contributed by atoms with E-state index in [0.717, 1.165) is 5.56 Å². The summed E-state index contributed by atoms with van der Waals surface area (Å²) in [6, 6.07) is 14.3. The Morgan fingerprint density at radius 3 is 2.36 bits per heavy atom. The molecule has 0 aromatic heterocycles. The molecule has 2 atom stereocenters. The van der Waals surface area contributed by atoms with Crippen LogP contribution in [0.25, 0.3) is 0 Å². The summed E-state index contributed by atoms with van der Waals surface area (Å²) in [5.41, 5.74) is 0.973. The summed E-state index contributed by atoms with van der Waals surface area (Å²) in [6.07, 6.45) is -0.866. The molecule has 25 heavy (non-hydrogen) atoms. The number of carboxylic acids is 1. The van der Waals surface area contributed by atoms with Gasteiger partial charge in [-0.15, -0.1) is 0 Å². The number of benzene rings is 2. The normalized spacial score (nSPS) is 15.0. The Kier molecular flexibility index (Phi) is 6.22. The molecule has 0 aliphatic rings. The maximum Gasteiger partial charge on any atom is 0.333 e. The second-order valence-electron chi connectivity index (χ2n) is 6.50. The van der Waals surface area contributed by atoms with Crippen molar-refractivity contribution in [2.45, 2.75) is 45.0 Å². The highest BCUT2D eigenvalue weighted by Gasteiger charge is 2.27. The number of hydrogen-bond donors (Lipinski definition) is 2. The molecule has 0 spiro atoms. The molecule has 5 heteroatoms. The van der Waals surface area contributed by atoms with E-state index in [9.17, 15) is 15.0 Å². The number of carboxylic acid groups (broad SMARTS) is 1. The fraction of sp³-hybridized carbons (Fsp3) is 0.350. The molecule has 4 nitrogen and oxygen atoms in total. The summed E-state index contributed by atoms with van der Waals surface area (Å²) >= 11 is 5.91. The van der Waals surface area contributed by atoms with Crippen LogP contribution in [-0.2, 0) is 21.6 Å². The minimum Gasteiger partial charge on any atom is -0.479 e. The van der Waals surface area contributed by atoms with Crippen molar-refractivity contribution in [1.29, 1.82) is 0 Å². The molecule has 2 aromatic rings. The number of aliphatic hydroxyl groups is 1. The third kappa shape index (κ3) is 5.05. The lowest BCUT2D eigenvalue weighted by Gasteiger charge is -2.25. The first kappa shape index (κ1) is 19.4. The van der Waals surface area contributed by atoms with E-state index in [2.05, 4.69) is 0 Å². The molecule has 0 heterocycles. The van der Waals surface area contributed by atoms with E-state index < -0.39 is 17.7 Å². The van der Waals surface area contributed by atoms with Gasteiger partial charge in [-0.3, -0.25) is 0 Å². The van der Waals surface area contributed by atoms with Gasteiger partial charge >= 0.3 is 5.97 Å². The van der Waals surface area contributed by atoms with Gasteiger partial charge in [-0.1, -0.05) is 48.0 Å². The van der Waals surface area contributed by atoms with E-state index in [-0.39, 0.29) is 12.5 Å². The summed E-state index contributed by atoms with van der Waals surface area (Å²) in [5.74, 6) is -0.997. The highest BCUT2D eigenvalue weighted by Crippen LogP contribution is 2.30. The number of carbonyl (C=O) groups is 1. The first-order valence-electron chi connectivity index (χ1n) is 8.16. The largest absolute Gasteiger partial charge is 0.479 e. The van der Waals surface area contributed by atoms with Crippen LogP contribution >= 0.6 is 11.6 Å². The van der Waals surface area contributed by atoms with E-state index in [1.807, 2.05) is 24.3 Å². The average Bonchev–Trinajstić information content (AvgIpc) is 2.54. The van der Waals surface area contributed by atoms with Crippen molar-refractivity contribution in [3.8, 4) is 0 Å². The monoisotopic (exact) mass is 362 g/mol. The zero-order valence-electron chi connectivity index (χ0n) is 14.6. The second-order valence-corrected chi connectivity index (χ2v) is 6.93. The molecule has 0 radical (unpaired) electrons. The van der Waals surface area contributed by atoms with Gasteiger partial charge in [-0.2, -0.15) is 0 Å². The summed E-state index contributed by atoms with van der Waals surface area (Å²) < 4.78 is 5.46. The first-order chi connectivity index (χ1) is 11.7. The molecule has 0 aliphatic carbocycles. The highest BCUT2D eigenvalue weighted by molar-refractivity contribution is 6.30. The maximum atomic E-state index is 11.4. The predicted molar refractivity (Wildman–Crippen MR) is 97.9 cm³/mol. The van der Waals surface area contributed by atoms with Crippen LogP contribution in [0.3, 0.4) is 0 Å². The lowest BCUT2D eigenvalue weighted by Crippen LogP contribution is -2.29. The van der Waals surface area contributed by atoms with Gasteiger partial charge in [0.05, 0.1) is 6.10 Å². The molecule has 0 aliphatic heterocycles. The standard InChI is InChI=1S/C20H23ClO4/c1-13(2)25-18(19(22)23)12-14-5-4-6-16(11-14)20(3,24)15-7-9-17(21)10-8-15/h4-11,13,18,24H,12H2,1-3H3,(H,22,23). The highest BCUT2D eigenvalue weighted by atomic mass is 35.5. The molecule has 2 rings (SSSR count). The summed E-state index contributed by atoms with van der Waals surface area (Å²) in [5, 5.41) is 20.9. The quantitative estimate of drug-likeness (QED) is 0.780. The lowest BCUT2D eigenvalue weighted by molar-refractivity contribution is -0.153. The second kappa shape index (κ2) is 8.00. The molecule has 134 valence electrons. The van der Waals surface area contributed by atoms with E-state index in [0.29, 0.717) is 16.1 Å². The smallest absolute Gasteiger partial charge is 0.333 e. The van der Waals surface area contributed by atoms with Crippen molar-refractivity contribution in [3.05, 3.63) is 70.2 Å². The van der Waals surface area contributed by atoms with Gasteiger partial charge in [0.1, 0.15) is 5.60 Å². The van der Waals surface area contributed by atoms with E-state index in [1.165, 1.54) is 0 Å². The van der Waals surface area contributed by atoms with Gasteiger partial charge in [0.15, 0.2) is 6.10 Å². The molecular weight excluding hydrogens is 340 g/mol. The van der Waals surface area contributed by atoms with Gasteiger partial charge < -0.3 is 14.9 Å². The van der Waals surface area contributed by atoms with E-state index in [4.69, 9.17) is 16.3 Å². The van der Waals surface area contributed by atoms with Crippen molar-refractivity contribution < 1.29 is 19.7 Å².